The maximum absolute atomic E-state index is 13.0. The highest BCUT2D eigenvalue weighted by Gasteiger charge is 2.09. The molecule has 0 spiro atoms. The van der Waals surface area contributed by atoms with E-state index in [1.165, 1.54) is 23.5 Å². The summed E-state index contributed by atoms with van der Waals surface area (Å²) < 4.78 is 13.7. The van der Waals surface area contributed by atoms with Gasteiger partial charge in [0.25, 0.3) is 0 Å². The van der Waals surface area contributed by atoms with Gasteiger partial charge in [-0.3, -0.25) is 0 Å². The van der Waals surface area contributed by atoms with E-state index in [-0.39, 0.29) is 11.8 Å². The molecule has 0 saturated carbocycles. The second-order valence-electron chi connectivity index (χ2n) is 4.67. The zero-order chi connectivity index (χ0) is 15.2. The highest BCUT2D eigenvalue weighted by Crippen LogP contribution is 2.22. The van der Waals surface area contributed by atoms with E-state index >= 15 is 0 Å². The smallest absolute Gasteiger partial charge is 0.317 e. The van der Waals surface area contributed by atoms with Crippen LogP contribution >= 0.6 is 22.9 Å². The summed E-state index contributed by atoms with van der Waals surface area (Å²) in [4.78, 5) is 14.5. The molecule has 0 radical (unpaired) electrons. The third-order valence-electron chi connectivity index (χ3n) is 2.95. The minimum Gasteiger partial charge on any atom is -0.338 e. The van der Waals surface area contributed by atoms with E-state index in [9.17, 15) is 9.18 Å². The van der Waals surface area contributed by atoms with Crippen molar-refractivity contribution in [1.82, 2.24) is 10.2 Å². The second-order valence-corrected chi connectivity index (χ2v) is 6.47. The Bertz CT molecular complexity index is 617. The van der Waals surface area contributed by atoms with Crippen LogP contribution in [0.25, 0.3) is 0 Å². The fraction of sp³-hybridized carbons (Fsp3) is 0.267. The number of urea groups is 1. The van der Waals surface area contributed by atoms with Gasteiger partial charge >= 0.3 is 6.03 Å². The zero-order valence-corrected chi connectivity index (χ0v) is 13.2. The lowest BCUT2D eigenvalue weighted by molar-refractivity contribution is 0.207. The van der Waals surface area contributed by atoms with Gasteiger partial charge in [-0.15, -0.1) is 11.3 Å². The molecular formula is C15H16ClFN2OS. The molecule has 0 bridgehead atoms. The molecule has 6 heteroatoms. The van der Waals surface area contributed by atoms with E-state index in [1.54, 1.807) is 18.0 Å². The topological polar surface area (TPSA) is 32.3 Å². The van der Waals surface area contributed by atoms with E-state index in [1.807, 2.05) is 18.2 Å². The first-order valence-electron chi connectivity index (χ1n) is 6.52. The molecule has 0 aliphatic heterocycles. The normalized spacial score (nSPS) is 10.4. The van der Waals surface area contributed by atoms with Gasteiger partial charge < -0.3 is 10.2 Å². The van der Waals surface area contributed by atoms with Gasteiger partial charge in [-0.25, -0.2) is 9.18 Å². The van der Waals surface area contributed by atoms with Crippen molar-refractivity contribution in [1.29, 1.82) is 0 Å². The molecule has 1 aromatic carbocycles. The lowest BCUT2D eigenvalue weighted by Gasteiger charge is -2.17. The first-order chi connectivity index (χ1) is 10.0. The van der Waals surface area contributed by atoms with Crippen LogP contribution < -0.4 is 5.32 Å². The standard InChI is InChI=1S/C15H16ClFN2OS/c1-19(10-13-5-6-14(16)21-13)15(20)18-8-7-11-3-2-4-12(17)9-11/h2-6,9H,7-8,10H2,1H3,(H,18,20). The number of nitrogens with zero attached hydrogens (tertiary/aromatic N) is 1. The Labute approximate surface area is 132 Å². The fourth-order valence-corrected chi connectivity index (χ4v) is 3.02. The van der Waals surface area contributed by atoms with E-state index < -0.39 is 0 Å². The van der Waals surface area contributed by atoms with Gasteiger partial charge in [0.05, 0.1) is 10.9 Å². The average Bonchev–Trinajstić information content (AvgIpc) is 2.84. The Morgan fingerprint density at radius 1 is 1.38 bits per heavy atom. The van der Waals surface area contributed by atoms with Crippen molar-refractivity contribution in [3.8, 4) is 0 Å². The van der Waals surface area contributed by atoms with Crippen molar-refractivity contribution in [2.75, 3.05) is 13.6 Å². The summed E-state index contributed by atoms with van der Waals surface area (Å²) in [5.41, 5.74) is 0.864. The first-order valence-corrected chi connectivity index (χ1v) is 7.71. The molecule has 112 valence electrons. The molecule has 1 N–H and O–H groups in total. The van der Waals surface area contributed by atoms with Crippen LogP contribution in [0.15, 0.2) is 36.4 Å². The first kappa shape index (κ1) is 15.8. The molecule has 1 heterocycles. The van der Waals surface area contributed by atoms with Crippen LogP contribution in [0.1, 0.15) is 10.4 Å². The van der Waals surface area contributed by atoms with Crippen molar-refractivity contribution in [2.45, 2.75) is 13.0 Å². The number of amides is 2. The third kappa shape index (κ3) is 5.02. The molecule has 0 atom stereocenters. The Morgan fingerprint density at radius 3 is 2.86 bits per heavy atom. The van der Waals surface area contributed by atoms with Gasteiger partial charge in [0.2, 0.25) is 0 Å². The molecule has 2 amide bonds. The molecule has 0 fully saturated rings. The molecule has 2 aromatic rings. The molecule has 0 aliphatic carbocycles. The van der Waals surface area contributed by atoms with Crippen LogP contribution in [0, 0.1) is 5.82 Å². The summed E-state index contributed by atoms with van der Waals surface area (Å²) in [6, 6.07) is 9.95. The van der Waals surface area contributed by atoms with E-state index in [0.29, 0.717) is 23.8 Å². The minimum absolute atomic E-state index is 0.157. The second kappa shape index (κ2) is 7.43. The Balaban J connectivity index is 1.76. The Morgan fingerprint density at radius 2 is 2.19 bits per heavy atom. The number of hydrogen-bond donors (Lipinski definition) is 1. The lowest BCUT2D eigenvalue weighted by atomic mass is 10.1. The van der Waals surface area contributed by atoms with Crippen LogP contribution in [0.4, 0.5) is 9.18 Å². The van der Waals surface area contributed by atoms with Crippen molar-refractivity contribution in [3.05, 3.63) is 57.0 Å². The SMILES string of the molecule is CN(Cc1ccc(Cl)s1)C(=O)NCCc1cccc(F)c1. The predicted molar refractivity (Wildman–Crippen MR) is 84.3 cm³/mol. The molecule has 3 nitrogen and oxygen atoms in total. The zero-order valence-electron chi connectivity index (χ0n) is 11.6. The van der Waals surface area contributed by atoms with Crippen LogP contribution in [0.3, 0.4) is 0 Å². The molecule has 0 aliphatic rings. The van der Waals surface area contributed by atoms with E-state index in [4.69, 9.17) is 11.6 Å². The fourth-order valence-electron chi connectivity index (χ4n) is 1.88. The van der Waals surface area contributed by atoms with E-state index in [0.717, 1.165) is 10.4 Å². The maximum Gasteiger partial charge on any atom is 0.317 e. The van der Waals surface area contributed by atoms with Crippen molar-refractivity contribution < 1.29 is 9.18 Å². The molecule has 2 rings (SSSR count). The molecular weight excluding hydrogens is 311 g/mol. The Hall–Kier alpha value is -1.59. The summed E-state index contributed by atoms with van der Waals surface area (Å²) in [6.45, 7) is 0.987. The van der Waals surface area contributed by atoms with Crippen LogP contribution in [0.5, 0.6) is 0 Å². The number of rotatable bonds is 5. The van der Waals surface area contributed by atoms with Gasteiger partial charge in [0.1, 0.15) is 5.82 Å². The quantitative estimate of drug-likeness (QED) is 0.887. The van der Waals surface area contributed by atoms with Crippen LogP contribution in [-0.2, 0) is 13.0 Å². The largest absolute Gasteiger partial charge is 0.338 e. The number of carbonyl (C=O) groups is 1. The highest BCUT2D eigenvalue weighted by molar-refractivity contribution is 7.16. The predicted octanol–water partition coefficient (Wildman–Crippen LogP) is 3.92. The van der Waals surface area contributed by atoms with Crippen LogP contribution in [0.2, 0.25) is 4.34 Å². The summed E-state index contributed by atoms with van der Waals surface area (Å²) in [6.07, 6.45) is 0.599. The van der Waals surface area contributed by atoms with Crippen LogP contribution in [-0.4, -0.2) is 24.5 Å². The summed E-state index contributed by atoms with van der Waals surface area (Å²) in [5.74, 6) is -0.259. The molecule has 0 unspecified atom stereocenters. The highest BCUT2D eigenvalue weighted by atomic mass is 35.5. The van der Waals surface area contributed by atoms with Gasteiger partial charge in [0.15, 0.2) is 0 Å². The summed E-state index contributed by atoms with van der Waals surface area (Å²) >= 11 is 7.31. The minimum atomic E-state index is -0.259. The van der Waals surface area contributed by atoms with E-state index in [2.05, 4.69) is 5.32 Å². The van der Waals surface area contributed by atoms with Gasteiger partial charge in [-0.2, -0.15) is 0 Å². The molecule has 1 aromatic heterocycles. The molecule has 21 heavy (non-hydrogen) atoms. The van der Waals surface area contributed by atoms with Gasteiger partial charge in [0, 0.05) is 18.5 Å². The Kier molecular flexibility index (Phi) is 5.59. The average molecular weight is 327 g/mol. The number of nitrogens with one attached hydrogen (secondary N) is 1. The molecule has 0 saturated heterocycles. The number of halogens is 2. The lowest BCUT2D eigenvalue weighted by Crippen LogP contribution is -2.37. The number of thiophene rings is 1. The van der Waals surface area contributed by atoms with Crippen molar-refractivity contribution in [3.63, 3.8) is 0 Å². The number of hydrogen-bond acceptors (Lipinski definition) is 2. The summed E-state index contributed by atoms with van der Waals surface area (Å²) in [7, 11) is 1.73. The van der Waals surface area contributed by atoms with Gasteiger partial charge in [-0.1, -0.05) is 23.7 Å². The van der Waals surface area contributed by atoms with Crippen molar-refractivity contribution in [2.24, 2.45) is 0 Å². The van der Waals surface area contributed by atoms with Gasteiger partial charge in [-0.05, 0) is 36.2 Å². The maximum atomic E-state index is 13.0. The number of carbonyl (C=O) groups excluding carboxylic acids is 1. The monoisotopic (exact) mass is 326 g/mol. The van der Waals surface area contributed by atoms with Crippen molar-refractivity contribution >= 4 is 29.0 Å². The summed E-state index contributed by atoms with van der Waals surface area (Å²) in [5, 5.41) is 2.81. The third-order valence-corrected chi connectivity index (χ3v) is 4.16. The number of benzene rings is 1.